The van der Waals surface area contributed by atoms with Crippen LogP contribution in [0.15, 0.2) is 18.2 Å². The Morgan fingerprint density at radius 2 is 1.83 bits per heavy atom. The van der Waals surface area contributed by atoms with Gasteiger partial charge in [-0.1, -0.05) is 13.0 Å². The van der Waals surface area contributed by atoms with E-state index in [9.17, 15) is 9.59 Å². The normalized spacial score (nSPS) is 22.3. The fourth-order valence-corrected chi connectivity index (χ4v) is 3.56. The molecule has 2 aliphatic heterocycles. The molecule has 0 bridgehead atoms. The van der Waals surface area contributed by atoms with Gasteiger partial charge in [-0.05, 0) is 43.7 Å². The van der Waals surface area contributed by atoms with Crippen molar-refractivity contribution < 1.29 is 9.59 Å². The molecule has 1 aromatic rings. The maximum Gasteiger partial charge on any atom is 0.228 e. The van der Waals surface area contributed by atoms with Crippen molar-refractivity contribution in [3.05, 3.63) is 29.3 Å². The zero-order valence-electron chi connectivity index (χ0n) is 14.9. The van der Waals surface area contributed by atoms with E-state index >= 15 is 0 Å². The molecule has 0 aliphatic carbocycles. The first kappa shape index (κ1) is 17.0. The highest BCUT2D eigenvalue weighted by molar-refractivity contribution is 6.00. The predicted molar refractivity (Wildman–Crippen MR) is 95.1 cm³/mol. The summed E-state index contributed by atoms with van der Waals surface area (Å²) < 4.78 is 0. The van der Waals surface area contributed by atoms with E-state index in [1.165, 1.54) is 11.1 Å². The molecule has 3 rings (SSSR count). The van der Waals surface area contributed by atoms with Crippen LogP contribution in [0, 0.1) is 19.8 Å². The van der Waals surface area contributed by atoms with Gasteiger partial charge in [0.05, 0.1) is 5.92 Å². The highest BCUT2D eigenvalue weighted by Gasteiger charge is 2.37. The Kier molecular flexibility index (Phi) is 4.90. The minimum Gasteiger partial charge on any atom is -0.340 e. The van der Waals surface area contributed by atoms with Gasteiger partial charge in [0.15, 0.2) is 0 Å². The summed E-state index contributed by atoms with van der Waals surface area (Å²) in [5.41, 5.74) is 3.30. The van der Waals surface area contributed by atoms with Gasteiger partial charge >= 0.3 is 0 Å². The second kappa shape index (κ2) is 6.93. The molecule has 130 valence electrons. The van der Waals surface area contributed by atoms with Gasteiger partial charge in [-0.15, -0.1) is 0 Å². The molecule has 2 saturated heterocycles. The number of rotatable bonds is 3. The molecule has 0 N–H and O–H groups in total. The summed E-state index contributed by atoms with van der Waals surface area (Å²) in [6.07, 6.45) is 0.333. The number of carbonyl (C=O) groups is 2. The lowest BCUT2D eigenvalue weighted by Gasteiger charge is -2.35. The molecular formula is C19H27N3O2. The first-order chi connectivity index (χ1) is 11.5. The third-order valence-corrected chi connectivity index (χ3v) is 5.41. The number of benzene rings is 1. The van der Waals surface area contributed by atoms with Gasteiger partial charge in [-0.3, -0.25) is 9.59 Å². The molecule has 2 fully saturated rings. The summed E-state index contributed by atoms with van der Waals surface area (Å²) in [7, 11) is 0. The highest BCUT2D eigenvalue weighted by Crippen LogP contribution is 2.28. The molecule has 2 aliphatic rings. The van der Waals surface area contributed by atoms with Gasteiger partial charge in [-0.25, -0.2) is 0 Å². The summed E-state index contributed by atoms with van der Waals surface area (Å²) in [5, 5.41) is 0. The van der Waals surface area contributed by atoms with Crippen molar-refractivity contribution in [2.24, 2.45) is 5.92 Å². The van der Waals surface area contributed by atoms with E-state index < -0.39 is 0 Å². The zero-order valence-corrected chi connectivity index (χ0v) is 14.9. The van der Waals surface area contributed by atoms with E-state index in [0.717, 1.165) is 38.4 Å². The van der Waals surface area contributed by atoms with Gasteiger partial charge in [0, 0.05) is 44.8 Å². The third-order valence-electron chi connectivity index (χ3n) is 5.41. The average Bonchev–Trinajstić information content (AvgIpc) is 2.98. The smallest absolute Gasteiger partial charge is 0.228 e. The molecule has 1 unspecified atom stereocenters. The minimum atomic E-state index is -0.202. The molecule has 1 atom stereocenters. The van der Waals surface area contributed by atoms with Crippen LogP contribution in [-0.2, 0) is 9.59 Å². The standard InChI is InChI=1S/C19H27N3O2/c1-4-20-7-9-21(10-8-20)19(24)16-12-18(23)22(13-16)17-6-5-14(2)15(3)11-17/h5-6,11,16H,4,7-10,12-13H2,1-3H3. The van der Waals surface area contributed by atoms with Gasteiger partial charge in [0.25, 0.3) is 0 Å². The average molecular weight is 329 g/mol. The van der Waals surface area contributed by atoms with Crippen LogP contribution >= 0.6 is 0 Å². The van der Waals surface area contributed by atoms with Crippen molar-refractivity contribution in [3.8, 4) is 0 Å². The van der Waals surface area contributed by atoms with E-state index in [1.807, 2.05) is 23.1 Å². The van der Waals surface area contributed by atoms with E-state index in [0.29, 0.717) is 13.0 Å². The van der Waals surface area contributed by atoms with Crippen molar-refractivity contribution >= 4 is 17.5 Å². The van der Waals surface area contributed by atoms with Gasteiger partial charge < -0.3 is 14.7 Å². The molecule has 0 saturated carbocycles. The first-order valence-corrected chi connectivity index (χ1v) is 8.88. The van der Waals surface area contributed by atoms with Crippen LogP contribution in [0.1, 0.15) is 24.5 Å². The second-order valence-corrected chi connectivity index (χ2v) is 6.93. The minimum absolute atomic E-state index is 0.0591. The fourth-order valence-electron chi connectivity index (χ4n) is 3.56. The maximum atomic E-state index is 12.8. The number of anilines is 1. The molecule has 5 nitrogen and oxygen atoms in total. The number of hydrogen-bond donors (Lipinski definition) is 0. The lowest BCUT2D eigenvalue weighted by molar-refractivity contribution is -0.137. The van der Waals surface area contributed by atoms with E-state index in [2.05, 4.69) is 25.7 Å². The number of carbonyl (C=O) groups excluding carboxylic acids is 2. The van der Waals surface area contributed by atoms with Crippen molar-refractivity contribution in [2.45, 2.75) is 27.2 Å². The van der Waals surface area contributed by atoms with Crippen LogP contribution in [0.3, 0.4) is 0 Å². The second-order valence-electron chi connectivity index (χ2n) is 6.93. The fraction of sp³-hybridized carbons (Fsp3) is 0.579. The lowest BCUT2D eigenvalue weighted by Crippen LogP contribution is -2.50. The topological polar surface area (TPSA) is 43.9 Å². The number of piperazine rings is 1. The Bertz CT molecular complexity index is 635. The molecule has 5 heteroatoms. The largest absolute Gasteiger partial charge is 0.340 e. The first-order valence-electron chi connectivity index (χ1n) is 8.88. The zero-order chi connectivity index (χ0) is 17.3. The van der Waals surface area contributed by atoms with Crippen LogP contribution in [0.5, 0.6) is 0 Å². The highest BCUT2D eigenvalue weighted by atomic mass is 16.2. The van der Waals surface area contributed by atoms with Crippen LogP contribution in [0.4, 0.5) is 5.69 Å². The van der Waals surface area contributed by atoms with Crippen LogP contribution in [0.25, 0.3) is 0 Å². The molecule has 24 heavy (non-hydrogen) atoms. The quantitative estimate of drug-likeness (QED) is 0.850. The number of aryl methyl sites for hydroxylation is 2. The van der Waals surface area contributed by atoms with Gasteiger partial charge in [0.2, 0.25) is 11.8 Å². The molecule has 2 amide bonds. The summed E-state index contributed by atoms with van der Waals surface area (Å²) >= 11 is 0. The lowest BCUT2D eigenvalue weighted by atomic mass is 10.1. The molecule has 2 heterocycles. The van der Waals surface area contributed by atoms with Crippen molar-refractivity contribution in [2.75, 3.05) is 44.2 Å². The summed E-state index contributed by atoms with van der Waals surface area (Å²) in [4.78, 5) is 31.2. The van der Waals surface area contributed by atoms with Crippen LogP contribution in [-0.4, -0.2) is 60.9 Å². The predicted octanol–water partition coefficient (Wildman–Crippen LogP) is 1.82. The van der Waals surface area contributed by atoms with Crippen molar-refractivity contribution in [1.29, 1.82) is 0 Å². The van der Waals surface area contributed by atoms with E-state index in [4.69, 9.17) is 0 Å². The Balaban J connectivity index is 1.66. The Labute approximate surface area is 144 Å². The molecule has 0 radical (unpaired) electrons. The third kappa shape index (κ3) is 3.31. The molecule has 1 aromatic carbocycles. The Morgan fingerprint density at radius 3 is 2.46 bits per heavy atom. The van der Waals surface area contributed by atoms with Crippen molar-refractivity contribution in [3.63, 3.8) is 0 Å². The monoisotopic (exact) mass is 329 g/mol. The van der Waals surface area contributed by atoms with Crippen molar-refractivity contribution in [1.82, 2.24) is 9.80 Å². The summed E-state index contributed by atoms with van der Waals surface area (Å²) in [5.74, 6) is 0.00141. The SMILES string of the molecule is CCN1CCN(C(=O)C2CC(=O)N(c3ccc(C)c(C)c3)C2)CC1. The molecule has 0 spiro atoms. The molecular weight excluding hydrogens is 302 g/mol. The van der Waals surface area contributed by atoms with E-state index in [-0.39, 0.29) is 17.7 Å². The van der Waals surface area contributed by atoms with Gasteiger partial charge in [0.1, 0.15) is 0 Å². The van der Waals surface area contributed by atoms with Crippen LogP contribution in [0.2, 0.25) is 0 Å². The number of likely N-dealkylation sites (N-methyl/N-ethyl adjacent to an activating group) is 1. The van der Waals surface area contributed by atoms with Gasteiger partial charge in [-0.2, -0.15) is 0 Å². The number of amides is 2. The van der Waals surface area contributed by atoms with Crippen LogP contribution < -0.4 is 4.90 Å². The summed E-state index contributed by atoms with van der Waals surface area (Å²) in [6.45, 7) is 11.2. The Morgan fingerprint density at radius 1 is 1.12 bits per heavy atom. The number of hydrogen-bond acceptors (Lipinski definition) is 3. The van der Waals surface area contributed by atoms with E-state index in [1.54, 1.807) is 4.90 Å². The molecule has 0 aromatic heterocycles. The number of nitrogens with zero attached hydrogens (tertiary/aromatic N) is 3. The summed E-state index contributed by atoms with van der Waals surface area (Å²) in [6, 6.07) is 6.06. The Hall–Kier alpha value is -1.88. The maximum absolute atomic E-state index is 12.8.